The first kappa shape index (κ1) is 15.0. The molecular formula is C14H12ClN5O3. The Hall–Kier alpha value is -2.87. The average Bonchev–Trinajstić information content (AvgIpc) is 2.89. The standard InChI is InChI=1S/C14H12ClN5O3/c1-8-6-12(22)20-14(16-8)18-13(19-20)17-11(21)7-23-10-5-3-2-4-9(10)15/h2-6H,7H2,1H3,(H2,16,17,18,19,21). The van der Waals surface area contributed by atoms with Gasteiger partial charge < -0.3 is 4.74 Å². The summed E-state index contributed by atoms with van der Waals surface area (Å²) < 4.78 is 6.45. The van der Waals surface area contributed by atoms with E-state index in [2.05, 4.69) is 20.4 Å². The number of nitrogens with one attached hydrogen (secondary N) is 2. The van der Waals surface area contributed by atoms with E-state index in [0.29, 0.717) is 16.5 Å². The number of hydrogen-bond acceptors (Lipinski definition) is 5. The lowest BCUT2D eigenvalue weighted by atomic mass is 10.3. The molecule has 8 nitrogen and oxygen atoms in total. The molecule has 0 aliphatic heterocycles. The average molecular weight is 334 g/mol. The highest BCUT2D eigenvalue weighted by Crippen LogP contribution is 2.22. The quantitative estimate of drug-likeness (QED) is 0.751. The first-order valence-corrected chi connectivity index (χ1v) is 7.04. The Morgan fingerprint density at radius 1 is 1.39 bits per heavy atom. The lowest BCUT2D eigenvalue weighted by Crippen LogP contribution is -2.21. The molecule has 0 radical (unpaired) electrons. The van der Waals surface area contributed by atoms with Crippen LogP contribution < -0.4 is 15.6 Å². The van der Waals surface area contributed by atoms with Gasteiger partial charge in [-0.25, -0.2) is 4.98 Å². The van der Waals surface area contributed by atoms with Crippen LogP contribution in [0.5, 0.6) is 5.75 Å². The summed E-state index contributed by atoms with van der Waals surface area (Å²) in [7, 11) is 0. The molecule has 0 aliphatic carbocycles. The van der Waals surface area contributed by atoms with Gasteiger partial charge in [-0.05, 0) is 19.1 Å². The van der Waals surface area contributed by atoms with Crippen molar-refractivity contribution in [3.8, 4) is 5.75 Å². The number of aryl methyl sites for hydroxylation is 1. The molecule has 9 heteroatoms. The van der Waals surface area contributed by atoms with Gasteiger partial charge in [0.15, 0.2) is 6.61 Å². The van der Waals surface area contributed by atoms with Crippen LogP contribution in [0.4, 0.5) is 5.95 Å². The van der Waals surface area contributed by atoms with Gasteiger partial charge in [0.1, 0.15) is 5.75 Å². The zero-order chi connectivity index (χ0) is 16.4. The third-order valence-corrected chi connectivity index (χ3v) is 3.22. The Kier molecular flexibility index (Phi) is 3.98. The van der Waals surface area contributed by atoms with Crippen LogP contribution >= 0.6 is 11.6 Å². The van der Waals surface area contributed by atoms with E-state index in [-0.39, 0.29) is 23.9 Å². The van der Waals surface area contributed by atoms with Gasteiger partial charge in [-0.15, -0.1) is 0 Å². The van der Waals surface area contributed by atoms with E-state index in [4.69, 9.17) is 16.3 Å². The lowest BCUT2D eigenvalue weighted by molar-refractivity contribution is -0.118. The second-order valence-electron chi connectivity index (χ2n) is 4.71. The highest BCUT2D eigenvalue weighted by atomic mass is 35.5. The number of carbonyl (C=O) groups excluding carboxylic acids is 1. The Labute approximate surface area is 135 Å². The van der Waals surface area contributed by atoms with Gasteiger partial charge in [0.05, 0.1) is 5.02 Å². The van der Waals surface area contributed by atoms with Crippen molar-refractivity contribution < 1.29 is 9.53 Å². The Bertz CT molecular complexity index is 934. The summed E-state index contributed by atoms with van der Waals surface area (Å²) >= 11 is 5.93. The SMILES string of the molecule is Cc1cc(=O)n2[nH]c(NC(=O)COc3ccccc3Cl)nc2n1. The number of H-pyrrole nitrogens is 1. The smallest absolute Gasteiger partial charge is 0.274 e. The van der Waals surface area contributed by atoms with Crippen molar-refractivity contribution in [2.75, 3.05) is 11.9 Å². The summed E-state index contributed by atoms with van der Waals surface area (Å²) in [5.74, 6) is 0.237. The molecule has 0 atom stereocenters. The number of carbonyl (C=O) groups is 1. The van der Waals surface area contributed by atoms with E-state index in [9.17, 15) is 9.59 Å². The molecule has 1 amide bonds. The predicted octanol–water partition coefficient (Wildman–Crippen LogP) is 1.40. The number of amides is 1. The summed E-state index contributed by atoms with van der Waals surface area (Å²) in [6.07, 6.45) is 0. The number of aromatic nitrogens is 4. The van der Waals surface area contributed by atoms with Crippen molar-refractivity contribution in [1.82, 2.24) is 19.6 Å². The zero-order valence-electron chi connectivity index (χ0n) is 12.0. The molecule has 2 heterocycles. The van der Waals surface area contributed by atoms with Crippen LogP contribution in [0.2, 0.25) is 5.02 Å². The fourth-order valence-electron chi connectivity index (χ4n) is 1.92. The number of nitrogens with zero attached hydrogens (tertiary/aromatic N) is 3. The number of para-hydroxylation sites is 1. The third-order valence-electron chi connectivity index (χ3n) is 2.91. The minimum atomic E-state index is -0.450. The minimum absolute atomic E-state index is 0.105. The Morgan fingerprint density at radius 3 is 2.96 bits per heavy atom. The summed E-state index contributed by atoms with van der Waals surface area (Å²) in [6.45, 7) is 1.44. The van der Waals surface area contributed by atoms with E-state index in [0.717, 1.165) is 4.52 Å². The van der Waals surface area contributed by atoms with Gasteiger partial charge >= 0.3 is 0 Å². The van der Waals surface area contributed by atoms with Crippen LogP contribution in [0.25, 0.3) is 5.78 Å². The van der Waals surface area contributed by atoms with Gasteiger partial charge in [-0.3, -0.25) is 20.0 Å². The van der Waals surface area contributed by atoms with Crippen LogP contribution in [0.15, 0.2) is 35.1 Å². The fraction of sp³-hybridized carbons (Fsp3) is 0.143. The molecule has 0 spiro atoms. The lowest BCUT2D eigenvalue weighted by Gasteiger charge is -2.06. The van der Waals surface area contributed by atoms with Gasteiger partial charge in [0, 0.05) is 11.8 Å². The second kappa shape index (κ2) is 6.09. The highest BCUT2D eigenvalue weighted by molar-refractivity contribution is 6.32. The summed E-state index contributed by atoms with van der Waals surface area (Å²) in [5.41, 5.74) is 0.231. The molecule has 23 heavy (non-hydrogen) atoms. The van der Waals surface area contributed by atoms with Gasteiger partial charge in [-0.2, -0.15) is 9.50 Å². The Morgan fingerprint density at radius 2 is 2.17 bits per heavy atom. The monoisotopic (exact) mass is 333 g/mol. The third kappa shape index (κ3) is 3.32. The molecule has 3 rings (SSSR count). The van der Waals surface area contributed by atoms with Crippen molar-refractivity contribution in [1.29, 1.82) is 0 Å². The molecule has 0 bridgehead atoms. The molecule has 1 aromatic carbocycles. The van der Waals surface area contributed by atoms with E-state index in [1.165, 1.54) is 6.07 Å². The van der Waals surface area contributed by atoms with Gasteiger partial charge in [-0.1, -0.05) is 23.7 Å². The van der Waals surface area contributed by atoms with Crippen LogP contribution in [-0.2, 0) is 4.79 Å². The zero-order valence-corrected chi connectivity index (χ0v) is 12.8. The summed E-state index contributed by atoms with van der Waals surface area (Å²) in [5, 5.41) is 5.56. The minimum Gasteiger partial charge on any atom is -0.482 e. The van der Waals surface area contributed by atoms with Crippen molar-refractivity contribution in [3.05, 3.63) is 51.4 Å². The van der Waals surface area contributed by atoms with Crippen LogP contribution in [0, 0.1) is 6.92 Å². The summed E-state index contributed by atoms with van der Waals surface area (Å²) in [6, 6.07) is 8.18. The number of hydrogen-bond donors (Lipinski definition) is 2. The number of anilines is 1. The fourth-order valence-corrected chi connectivity index (χ4v) is 2.11. The van der Waals surface area contributed by atoms with E-state index >= 15 is 0 Å². The first-order chi connectivity index (χ1) is 11.0. The molecule has 118 valence electrons. The van der Waals surface area contributed by atoms with E-state index < -0.39 is 5.91 Å². The number of aromatic amines is 1. The van der Waals surface area contributed by atoms with Crippen molar-refractivity contribution in [2.45, 2.75) is 6.92 Å². The van der Waals surface area contributed by atoms with E-state index in [1.54, 1.807) is 31.2 Å². The molecule has 0 unspecified atom stereocenters. The maximum atomic E-state index is 11.9. The number of fused-ring (bicyclic) bond motifs is 1. The molecule has 2 aromatic heterocycles. The topological polar surface area (TPSA) is 101 Å². The van der Waals surface area contributed by atoms with Crippen LogP contribution in [0.1, 0.15) is 5.69 Å². The van der Waals surface area contributed by atoms with E-state index in [1.807, 2.05) is 0 Å². The highest BCUT2D eigenvalue weighted by Gasteiger charge is 2.10. The van der Waals surface area contributed by atoms with Crippen molar-refractivity contribution in [3.63, 3.8) is 0 Å². The number of halogens is 1. The van der Waals surface area contributed by atoms with Crippen LogP contribution in [-0.4, -0.2) is 32.1 Å². The van der Waals surface area contributed by atoms with Gasteiger partial charge in [0.2, 0.25) is 5.95 Å². The van der Waals surface area contributed by atoms with Crippen molar-refractivity contribution >= 4 is 29.2 Å². The van der Waals surface area contributed by atoms with Crippen LogP contribution in [0.3, 0.4) is 0 Å². The maximum Gasteiger partial charge on any atom is 0.274 e. The number of rotatable bonds is 4. The number of benzene rings is 1. The molecule has 0 aliphatic rings. The molecule has 2 N–H and O–H groups in total. The normalized spacial score (nSPS) is 10.7. The molecular weight excluding hydrogens is 322 g/mol. The number of ether oxygens (including phenoxy) is 1. The Balaban J connectivity index is 1.70. The molecule has 0 saturated heterocycles. The van der Waals surface area contributed by atoms with Gasteiger partial charge in [0.25, 0.3) is 17.2 Å². The maximum absolute atomic E-state index is 11.9. The largest absolute Gasteiger partial charge is 0.482 e. The first-order valence-electron chi connectivity index (χ1n) is 6.66. The predicted molar refractivity (Wildman–Crippen MR) is 83.9 cm³/mol. The molecule has 0 saturated carbocycles. The molecule has 3 aromatic rings. The molecule has 0 fully saturated rings. The summed E-state index contributed by atoms with van der Waals surface area (Å²) in [4.78, 5) is 31.7. The van der Waals surface area contributed by atoms with Crippen molar-refractivity contribution in [2.24, 2.45) is 0 Å². The second-order valence-corrected chi connectivity index (χ2v) is 5.12.